The molecular formula is C19H31Cl2N3O. The van der Waals surface area contributed by atoms with Gasteiger partial charge in [0.25, 0.3) is 0 Å². The van der Waals surface area contributed by atoms with Crippen molar-refractivity contribution in [1.82, 2.24) is 10.2 Å². The minimum atomic E-state index is 0. The SMILES string of the molecule is CC1CCN(Cc2ccc(NC(=O)C(C)C3CNC3)cc2)CC1.Cl.Cl. The molecule has 2 heterocycles. The number of carbonyl (C=O) groups excluding carboxylic acids is 1. The molecule has 2 fully saturated rings. The Morgan fingerprint density at radius 2 is 1.80 bits per heavy atom. The number of hydrogen-bond acceptors (Lipinski definition) is 3. The summed E-state index contributed by atoms with van der Waals surface area (Å²) < 4.78 is 0. The number of likely N-dealkylation sites (tertiary alicyclic amines) is 1. The molecule has 2 aliphatic heterocycles. The van der Waals surface area contributed by atoms with Crippen LogP contribution < -0.4 is 10.6 Å². The average Bonchev–Trinajstić information content (AvgIpc) is 2.50. The Labute approximate surface area is 163 Å². The smallest absolute Gasteiger partial charge is 0.227 e. The Hall–Kier alpha value is -0.810. The molecule has 142 valence electrons. The fourth-order valence-corrected chi connectivity index (χ4v) is 3.31. The highest BCUT2D eigenvalue weighted by Crippen LogP contribution is 2.20. The zero-order valence-electron chi connectivity index (χ0n) is 15.2. The standard InChI is InChI=1S/C19H29N3O.2ClH/c1-14-7-9-22(10-8-14)13-16-3-5-18(6-4-16)21-19(23)15(2)17-11-20-12-17;;/h3-6,14-15,17,20H,7-13H2,1-2H3,(H,21,23);2*1H. The van der Waals surface area contributed by atoms with Gasteiger partial charge in [0.2, 0.25) is 5.91 Å². The van der Waals surface area contributed by atoms with Crippen LogP contribution >= 0.6 is 24.8 Å². The van der Waals surface area contributed by atoms with Gasteiger partial charge in [0.15, 0.2) is 0 Å². The third kappa shape index (κ3) is 6.14. The van der Waals surface area contributed by atoms with E-state index in [9.17, 15) is 4.79 Å². The number of anilines is 1. The largest absolute Gasteiger partial charge is 0.326 e. The van der Waals surface area contributed by atoms with Crippen LogP contribution in [0, 0.1) is 17.8 Å². The van der Waals surface area contributed by atoms with Crippen LogP contribution in [0.25, 0.3) is 0 Å². The Kier molecular flexibility index (Phi) is 9.22. The van der Waals surface area contributed by atoms with Gasteiger partial charge >= 0.3 is 0 Å². The molecule has 0 bridgehead atoms. The van der Waals surface area contributed by atoms with E-state index in [2.05, 4.69) is 34.6 Å². The Bertz CT molecular complexity index is 526. The first kappa shape index (κ1) is 22.2. The molecule has 2 saturated heterocycles. The van der Waals surface area contributed by atoms with Crippen LogP contribution in [0.3, 0.4) is 0 Å². The predicted molar refractivity (Wildman–Crippen MR) is 109 cm³/mol. The lowest BCUT2D eigenvalue weighted by Crippen LogP contribution is -2.48. The molecule has 0 aliphatic carbocycles. The second kappa shape index (κ2) is 10.4. The predicted octanol–water partition coefficient (Wildman–Crippen LogP) is 3.56. The number of hydrogen-bond donors (Lipinski definition) is 2. The van der Waals surface area contributed by atoms with Crippen LogP contribution in [-0.4, -0.2) is 37.0 Å². The van der Waals surface area contributed by atoms with E-state index in [-0.39, 0.29) is 36.6 Å². The van der Waals surface area contributed by atoms with Gasteiger partial charge in [0.1, 0.15) is 0 Å². The van der Waals surface area contributed by atoms with Gasteiger partial charge in [-0.25, -0.2) is 0 Å². The van der Waals surface area contributed by atoms with Crippen molar-refractivity contribution >= 4 is 36.4 Å². The highest BCUT2D eigenvalue weighted by atomic mass is 35.5. The van der Waals surface area contributed by atoms with E-state index in [1.807, 2.05) is 19.1 Å². The summed E-state index contributed by atoms with van der Waals surface area (Å²) in [6, 6.07) is 8.35. The van der Waals surface area contributed by atoms with Crippen molar-refractivity contribution in [2.45, 2.75) is 33.2 Å². The molecule has 1 amide bonds. The number of benzene rings is 1. The minimum Gasteiger partial charge on any atom is -0.326 e. The van der Waals surface area contributed by atoms with E-state index in [4.69, 9.17) is 0 Å². The quantitative estimate of drug-likeness (QED) is 0.811. The van der Waals surface area contributed by atoms with Gasteiger partial charge in [-0.1, -0.05) is 26.0 Å². The molecule has 2 aliphatic rings. The fourth-order valence-electron chi connectivity index (χ4n) is 3.31. The molecule has 0 saturated carbocycles. The molecule has 1 aromatic carbocycles. The van der Waals surface area contributed by atoms with Crippen molar-refractivity contribution in [3.63, 3.8) is 0 Å². The van der Waals surface area contributed by atoms with Gasteiger partial charge in [0, 0.05) is 18.2 Å². The van der Waals surface area contributed by atoms with E-state index in [1.54, 1.807) is 0 Å². The number of nitrogens with zero attached hydrogens (tertiary/aromatic N) is 1. The zero-order valence-corrected chi connectivity index (χ0v) is 16.8. The Morgan fingerprint density at radius 1 is 1.20 bits per heavy atom. The van der Waals surface area contributed by atoms with Gasteiger partial charge in [-0.2, -0.15) is 0 Å². The number of carbonyl (C=O) groups is 1. The van der Waals surface area contributed by atoms with E-state index >= 15 is 0 Å². The molecule has 0 spiro atoms. The summed E-state index contributed by atoms with van der Waals surface area (Å²) in [6.45, 7) is 9.70. The Balaban J connectivity index is 0.00000156. The highest BCUT2D eigenvalue weighted by molar-refractivity contribution is 5.92. The number of piperidine rings is 1. The molecule has 0 radical (unpaired) electrons. The third-order valence-corrected chi connectivity index (χ3v) is 5.44. The summed E-state index contributed by atoms with van der Waals surface area (Å²) >= 11 is 0. The fraction of sp³-hybridized carbons (Fsp3) is 0.632. The number of halogens is 2. The summed E-state index contributed by atoms with van der Waals surface area (Å²) in [5.74, 6) is 1.56. The molecule has 0 aromatic heterocycles. The first-order chi connectivity index (χ1) is 11.1. The van der Waals surface area contributed by atoms with Gasteiger partial charge in [0.05, 0.1) is 0 Å². The molecule has 1 atom stereocenters. The van der Waals surface area contributed by atoms with E-state index in [0.717, 1.165) is 31.2 Å². The summed E-state index contributed by atoms with van der Waals surface area (Å²) in [7, 11) is 0. The normalized spacial score (nSPS) is 19.9. The van der Waals surface area contributed by atoms with Gasteiger partial charge in [-0.15, -0.1) is 24.8 Å². The van der Waals surface area contributed by atoms with Gasteiger partial charge in [-0.3, -0.25) is 9.69 Å². The van der Waals surface area contributed by atoms with Crippen molar-refractivity contribution in [2.75, 3.05) is 31.5 Å². The van der Waals surface area contributed by atoms with Gasteiger partial charge < -0.3 is 10.6 Å². The number of nitrogens with one attached hydrogen (secondary N) is 2. The minimum absolute atomic E-state index is 0. The molecule has 2 N–H and O–H groups in total. The molecule has 1 aromatic rings. The second-order valence-electron chi connectivity index (χ2n) is 7.35. The molecule has 25 heavy (non-hydrogen) atoms. The first-order valence-corrected chi connectivity index (χ1v) is 8.94. The van der Waals surface area contributed by atoms with E-state index in [0.29, 0.717) is 5.92 Å². The molecule has 1 unspecified atom stereocenters. The number of rotatable bonds is 5. The molecular weight excluding hydrogens is 357 g/mol. The van der Waals surface area contributed by atoms with E-state index in [1.165, 1.54) is 31.5 Å². The second-order valence-corrected chi connectivity index (χ2v) is 7.35. The summed E-state index contributed by atoms with van der Waals surface area (Å²) in [5, 5.41) is 6.27. The maximum Gasteiger partial charge on any atom is 0.227 e. The van der Waals surface area contributed by atoms with Crippen LogP contribution in [0.1, 0.15) is 32.3 Å². The van der Waals surface area contributed by atoms with E-state index < -0.39 is 0 Å². The van der Waals surface area contributed by atoms with Crippen LogP contribution in [-0.2, 0) is 11.3 Å². The van der Waals surface area contributed by atoms with Crippen molar-refractivity contribution in [2.24, 2.45) is 17.8 Å². The summed E-state index contributed by atoms with van der Waals surface area (Å²) in [4.78, 5) is 14.8. The lowest BCUT2D eigenvalue weighted by molar-refractivity contribution is -0.121. The first-order valence-electron chi connectivity index (χ1n) is 8.94. The van der Waals surface area contributed by atoms with Crippen LogP contribution in [0.5, 0.6) is 0 Å². The summed E-state index contributed by atoms with van der Waals surface area (Å²) in [6.07, 6.45) is 2.62. The maximum absolute atomic E-state index is 12.2. The van der Waals surface area contributed by atoms with Crippen LogP contribution in [0.2, 0.25) is 0 Å². The summed E-state index contributed by atoms with van der Waals surface area (Å²) in [5.41, 5.74) is 2.24. The number of amides is 1. The molecule has 3 rings (SSSR count). The molecule has 4 nitrogen and oxygen atoms in total. The van der Waals surface area contributed by atoms with Crippen molar-refractivity contribution in [3.8, 4) is 0 Å². The molecule has 6 heteroatoms. The van der Waals surface area contributed by atoms with Crippen molar-refractivity contribution in [1.29, 1.82) is 0 Å². The monoisotopic (exact) mass is 387 g/mol. The van der Waals surface area contributed by atoms with Crippen LogP contribution in [0.15, 0.2) is 24.3 Å². The third-order valence-electron chi connectivity index (χ3n) is 5.44. The van der Waals surface area contributed by atoms with Crippen LogP contribution in [0.4, 0.5) is 5.69 Å². The maximum atomic E-state index is 12.2. The van der Waals surface area contributed by atoms with Crippen molar-refractivity contribution in [3.05, 3.63) is 29.8 Å². The van der Waals surface area contributed by atoms with Crippen molar-refractivity contribution < 1.29 is 4.79 Å². The lowest BCUT2D eigenvalue weighted by Gasteiger charge is -2.31. The lowest BCUT2D eigenvalue weighted by atomic mass is 9.88. The average molecular weight is 388 g/mol. The Morgan fingerprint density at radius 3 is 2.32 bits per heavy atom. The van der Waals surface area contributed by atoms with Gasteiger partial charge in [-0.05, 0) is 68.6 Å². The highest BCUT2D eigenvalue weighted by Gasteiger charge is 2.28. The topological polar surface area (TPSA) is 44.4 Å². The zero-order chi connectivity index (χ0) is 16.2.